The first-order valence-corrected chi connectivity index (χ1v) is 7.02. The molecular formula is C14H20BrNO2. The predicted octanol–water partition coefficient (Wildman–Crippen LogP) is 3.38. The van der Waals surface area contributed by atoms with Gasteiger partial charge >= 0.3 is 0 Å². The number of halogens is 1. The fourth-order valence-electron chi connectivity index (χ4n) is 1.36. The van der Waals surface area contributed by atoms with Gasteiger partial charge in [-0.15, -0.1) is 0 Å². The second kappa shape index (κ2) is 8.14. The van der Waals surface area contributed by atoms with Gasteiger partial charge in [-0.05, 0) is 36.6 Å². The molecule has 0 aliphatic rings. The number of carbonyl (C=O) groups is 1. The monoisotopic (exact) mass is 313 g/mol. The van der Waals surface area contributed by atoms with Crippen molar-refractivity contribution in [2.45, 2.75) is 26.7 Å². The maximum Gasteiger partial charge on any atom is 0.220 e. The van der Waals surface area contributed by atoms with E-state index < -0.39 is 0 Å². The second-order valence-electron chi connectivity index (χ2n) is 4.60. The van der Waals surface area contributed by atoms with Crippen molar-refractivity contribution in [3.05, 3.63) is 28.7 Å². The molecule has 18 heavy (non-hydrogen) atoms. The predicted molar refractivity (Wildman–Crippen MR) is 76.7 cm³/mol. The van der Waals surface area contributed by atoms with Gasteiger partial charge in [-0.3, -0.25) is 4.79 Å². The molecular weight excluding hydrogens is 294 g/mol. The number of ether oxygens (including phenoxy) is 1. The van der Waals surface area contributed by atoms with E-state index in [4.69, 9.17) is 4.74 Å². The Hall–Kier alpha value is -1.03. The first-order chi connectivity index (χ1) is 8.58. The van der Waals surface area contributed by atoms with Crippen LogP contribution in [0.2, 0.25) is 0 Å². The molecule has 3 nitrogen and oxygen atoms in total. The molecule has 4 heteroatoms. The van der Waals surface area contributed by atoms with Crippen LogP contribution in [-0.2, 0) is 4.79 Å². The van der Waals surface area contributed by atoms with Crippen molar-refractivity contribution in [1.29, 1.82) is 0 Å². The van der Waals surface area contributed by atoms with Crippen molar-refractivity contribution >= 4 is 21.8 Å². The maximum atomic E-state index is 11.4. The smallest absolute Gasteiger partial charge is 0.220 e. The highest BCUT2D eigenvalue weighted by molar-refractivity contribution is 9.10. The molecule has 0 spiro atoms. The van der Waals surface area contributed by atoms with Crippen LogP contribution in [0.1, 0.15) is 26.7 Å². The Balaban J connectivity index is 2.11. The molecule has 1 N–H and O–H groups in total. The van der Waals surface area contributed by atoms with Gasteiger partial charge < -0.3 is 10.1 Å². The lowest BCUT2D eigenvalue weighted by Crippen LogP contribution is -2.27. The molecule has 1 amide bonds. The summed E-state index contributed by atoms with van der Waals surface area (Å²) < 4.78 is 6.57. The summed E-state index contributed by atoms with van der Waals surface area (Å²) in [4.78, 5) is 11.4. The number of amides is 1. The summed E-state index contributed by atoms with van der Waals surface area (Å²) in [6.45, 7) is 5.47. The summed E-state index contributed by atoms with van der Waals surface area (Å²) >= 11 is 3.37. The Morgan fingerprint density at radius 1 is 1.33 bits per heavy atom. The highest BCUT2D eigenvalue weighted by Gasteiger charge is 2.02. The van der Waals surface area contributed by atoms with Gasteiger partial charge in [-0.25, -0.2) is 0 Å². The molecule has 0 fully saturated rings. The molecule has 0 heterocycles. The van der Waals surface area contributed by atoms with Crippen molar-refractivity contribution in [2.75, 3.05) is 13.2 Å². The molecule has 0 saturated carbocycles. The van der Waals surface area contributed by atoms with E-state index in [1.165, 1.54) is 0 Å². The molecule has 0 unspecified atom stereocenters. The van der Waals surface area contributed by atoms with E-state index in [0.717, 1.165) is 23.2 Å². The zero-order valence-electron chi connectivity index (χ0n) is 10.9. The summed E-state index contributed by atoms with van der Waals surface area (Å²) in [5.41, 5.74) is 0. The second-order valence-corrected chi connectivity index (χ2v) is 5.52. The van der Waals surface area contributed by atoms with E-state index in [9.17, 15) is 4.79 Å². The molecule has 0 saturated heterocycles. The van der Waals surface area contributed by atoms with E-state index in [2.05, 4.69) is 35.1 Å². The van der Waals surface area contributed by atoms with Crippen LogP contribution in [0, 0.1) is 5.92 Å². The Bertz CT molecular complexity index is 363. The van der Waals surface area contributed by atoms with Crippen LogP contribution in [0.15, 0.2) is 28.7 Å². The van der Waals surface area contributed by atoms with Crippen LogP contribution in [-0.4, -0.2) is 19.1 Å². The average molecular weight is 314 g/mol. The van der Waals surface area contributed by atoms with Crippen LogP contribution >= 0.6 is 15.9 Å². The van der Waals surface area contributed by atoms with Crippen LogP contribution in [0.5, 0.6) is 5.75 Å². The lowest BCUT2D eigenvalue weighted by atomic mass is 10.2. The minimum atomic E-state index is 0.100. The molecule has 0 aliphatic heterocycles. The number of benzene rings is 1. The highest BCUT2D eigenvalue weighted by atomic mass is 79.9. The van der Waals surface area contributed by atoms with E-state index in [0.29, 0.717) is 18.9 Å². The zero-order valence-corrected chi connectivity index (χ0v) is 12.5. The first kappa shape index (κ1) is 15.0. The largest absolute Gasteiger partial charge is 0.494 e. The van der Waals surface area contributed by atoms with Crippen LogP contribution in [0.4, 0.5) is 0 Å². The third-order valence-electron chi connectivity index (χ3n) is 2.34. The number of hydrogen-bond acceptors (Lipinski definition) is 2. The Kier molecular flexibility index (Phi) is 6.80. The fraction of sp³-hybridized carbons (Fsp3) is 0.500. The van der Waals surface area contributed by atoms with Gasteiger partial charge in [-0.1, -0.05) is 29.8 Å². The third kappa shape index (κ3) is 6.64. The third-order valence-corrected chi connectivity index (χ3v) is 2.87. The molecule has 0 aromatic heterocycles. The van der Waals surface area contributed by atoms with Gasteiger partial charge in [0.2, 0.25) is 5.91 Å². The molecule has 100 valence electrons. The summed E-state index contributed by atoms with van der Waals surface area (Å²) in [6.07, 6.45) is 1.25. The van der Waals surface area contributed by atoms with Crippen molar-refractivity contribution in [3.63, 3.8) is 0 Å². The van der Waals surface area contributed by atoms with Crippen molar-refractivity contribution in [2.24, 2.45) is 5.92 Å². The molecule has 1 aromatic rings. The van der Waals surface area contributed by atoms with Crippen molar-refractivity contribution < 1.29 is 9.53 Å². The van der Waals surface area contributed by atoms with Gasteiger partial charge in [0.15, 0.2) is 0 Å². The molecule has 1 aromatic carbocycles. The first-order valence-electron chi connectivity index (χ1n) is 6.23. The van der Waals surface area contributed by atoms with Crippen molar-refractivity contribution in [3.8, 4) is 5.75 Å². The van der Waals surface area contributed by atoms with Gasteiger partial charge in [0.25, 0.3) is 0 Å². The Morgan fingerprint density at radius 3 is 2.61 bits per heavy atom. The van der Waals surface area contributed by atoms with Gasteiger partial charge in [0.05, 0.1) is 6.61 Å². The van der Waals surface area contributed by atoms with E-state index in [1.54, 1.807) is 0 Å². The zero-order chi connectivity index (χ0) is 13.4. The fourth-order valence-corrected chi connectivity index (χ4v) is 1.62. The standard InChI is InChI=1S/C14H20BrNO2/c1-11(2)10-16-14(17)4-3-9-18-13-7-5-12(15)6-8-13/h5-8,11H,3-4,9-10H2,1-2H3,(H,16,17). The number of rotatable bonds is 7. The van der Waals surface area contributed by atoms with E-state index in [1.807, 2.05) is 24.3 Å². The summed E-state index contributed by atoms with van der Waals surface area (Å²) in [5, 5.41) is 2.89. The molecule has 0 aliphatic carbocycles. The summed E-state index contributed by atoms with van der Waals surface area (Å²) in [7, 11) is 0. The SMILES string of the molecule is CC(C)CNC(=O)CCCOc1ccc(Br)cc1. The summed E-state index contributed by atoms with van der Waals surface area (Å²) in [6, 6.07) is 7.68. The van der Waals surface area contributed by atoms with Gasteiger partial charge in [0.1, 0.15) is 5.75 Å². The van der Waals surface area contributed by atoms with Crippen LogP contribution in [0.25, 0.3) is 0 Å². The minimum absolute atomic E-state index is 0.100. The van der Waals surface area contributed by atoms with Gasteiger partial charge in [-0.2, -0.15) is 0 Å². The van der Waals surface area contributed by atoms with Crippen LogP contribution in [0.3, 0.4) is 0 Å². The molecule has 1 rings (SSSR count). The highest BCUT2D eigenvalue weighted by Crippen LogP contribution is 2.16. The lowest BCUT2D eigenvalue weighted by Gasteiger charge is -2.08. The quantitative estimate of drug-likeness (QED) is 0.784. The average Bonchev–Trinajstić information content (AvgIpc) is 2.34. The number of hydrogen-bond donors (Lipinski definition) is 1. The Morgan fingerprint density at radius 2 is 2.00 bits per heavy atom. The lowest BCUT2D eigenvalue weighted by molar-refractivity contribution is -0.121. The van der Waals surface area contributed by atoms with E-state index >= 15 is 0 Å². The summed E-state index contributed by atoms with van der Waals surface area (Å²) in [5.74, 6) is 1.43. The molecule has 0 atom stereocenters. The van der Waals surface area contributed by atoms with Crippen LogP contribution < -0.4 is 10.1 Å². The number of carbonyl (C=O) groups excluding carboxylic acids is 1. The topological polar surface area (TPSA) is 38.3 Å². The van der Waals surface area contributed by atoms with Gasteiger partial charge in [0, 0.05) is 17.4 Å². The van der Waals surface area contributed by atoms with Crippen molar-refractivity contribution in [1.82, 2.24) is 5.32 Å². The Labute approximate surface area is 117 Å². The molecule has 0 radical (unpaired) electrons. The molecule has 0 bridgehead atoms. The number of nitrogens with one attached hydrogen (secondary N) is 1. The van der Waals surface area contributed by atoms with E-state index in [-0.39, 0.29) is 5.91 Å². The normalized spacial score (nSPS) is 10.4. The minimum Gasteiger partial charge on any atom is -0.494 e. The maximum absolute atomic E-state index is 11.4.